The first-order valence-corrected chi connectivity index (χ1v) is 6.35. The summed E-state index contributed by atoms with van der Waals surface area (Å²) in [5.74, 6) is 0.803. The van der Waals surface area contributed by atoms with Crippen molar-refractivity contribution in [3.8, 4) is 11.5 Å². The van der Waals surface area contributed by atoms with Gasteiger partial charge in [0.2, 0.25) is 5.76 Å². The zero-order valence-electron chi connectivity index (χ0n) is 10.6. The molecule has 1 N–H and O–H groups in total. The molecule has 0 saturated carbocycles. The minimum absolute atomic E-state index is 0.119. The summed E-state index contributed by atoms with van der Waals surface area (Å²) in [4.78, 5) is 12.0. The largest absolute Gasteiger partial charge is 0.486 e. The van der Waals surface area contributed by atoms with Crippen molar-refractivity contribution in [3.05, 3.63) is 34.7 Å². The third-order valence-electron chi connectivity index (χ3n) is 2.73. The van der Waals surface area contributed by atoms with Gasteiger partial charge in [-0.05, 0) is 6.92 Å². The van der Waals surface area contributed by atoms with Gasteiger partial charge in [-0.1, -0.05) is 16.8 Å². The lowest BCUT2D eigenvalue weighted by atomic mass is 10.2. The van der Waals surface area contributed by atoms with Gasteiger partial charge in [-0.2, -0.15) is 0 Å². The van der Waals surface area contributed by atoms with E-state index in [0.717, 1.165) is 0 Å². The van der Waals surface area contributed by atoms with Crippen LogP contribution >= 0.6 is 11.6 Å². The Morgan fingerprint density at radius 3 is 2.60 bits per heavy atom. The molecular formula is C13H11ClN2O4. The molecule has 7 heteroatoms. The number of aromatic nitrogens is 1. The molecule has 0 spiro atoms. The van der Waals surface area contributed by atoms with Gasteiger partial charge in [0.25, 0.3) is 5.91 Å². The van der Waals surface area contributed by atoms with Crippen LogP contribution in [0.1, 0.15) is 16.2 Å². The Balaban J connectivity index is 1.85. The van der Waals surface area contributed by atoms with Crippen LogP contribution in [0, 0.1) is 6.92 Å². The van der Waals surface area contributed by atoms with Crippen molar-refractivity contribution >= 4 is 23.2 Å². The summed E-state index contributed by atoms with van der Waals surface area (Å²) in [6, 6.07) is 4.77. The van der Waals surface area contributed by atoms with Crippen molar-refractivity contribution < 1.29 is 18.8 Å². The SMILES string of the molecule is Cc1cc(C(=O)Nc2cc3c(cc2Cl)OCCO3)on1. The van der Waals surface area contributed by atoms with Crippen LogP contribution in [0.4, 0.5) is 5.69 Å². The number of nitrogens with zero attached hydrogens (tertiary/aromatic N) is 1. The highest BCUT2D eigenvalue weighted by Crippen LogP contribution is 2.38. The van der Waals surface area contributed by atoms with E-state index < -0.39 is 5.91 Å². The zero-order valence-corrected chi connectivity index (χ0v) is 11.4. The third kappa shape index (κ3) is 2.42. The number of hydrogen-bond donors (Lipinski definition) is 1. The lowest BCUT2D eigenvalue weighted by Crippen LogP contribution is -2.16. The second-order valence-corrected chi connectivity index (χ2v) is 4.67. The average Bonchev–Trinajstić information content (AvgIpc) is 2.86. The predicted octanol–water partition coefficient (Wildman–Crippen LogP) is 2.66. The Labute approximate surface area is 119 Å². The molecule has 1 aromatic carbocycles. The summed E-state index contributed by atoms with van der Waals surface area (Å²) >= 11 is 6.10. The number of ether oxygens (including phenoxy) is 2. The predicted molar refractivity (Wildman–Crippen MR) is 71.6 cm³/mol. The van der Waals surface area contributed by atoms with E-state index >= 15 is 0 Å². The molecule has 0 fully saturated rings. The van der Waals surface area contributed by atoms with Gasteiger partial charge in [0.15, 0.2) is 11.5 Å². The van der Waals surface area contributed by atoms with E-state index in [2.05, 4.69) is 10.5 Å². The monoisotopic (exact) mass is 294 g/mol. The van der Waals surface area contributed by atoms with Crippen molar-refractivity contribution in [2.24, 2.45) is 0 Å². The fourth-order valence-electron chi connectivity index (χ4n) is 1.81. The van der Waals surface area contributed by atoms with Crippen LogP contribution in [0.5, 0.6) is 11.5 Å². The smallest absolute Gasteiger partial charge is 0.294 e. The van der Waals surface area contributed by atoms with Gasteiger partial charge in [0, 0.05) is 18.2 Å². The topological polar surface area (TPSA) is 73.6 Å². The van der Waals surface area contributed by atoms with Gasteiger partial charge in [-0.3, -0.25) is 4.79 Å². The Morgan fingerprint density at radius 1 is 1.25 bits per heavy atom. The van der Waals surface area contributed by atoms with Crippen LogP contribution in [0.25, 0.3) is 0 Å². The minimum atomic E-state index is -0.427. The van der Waals surface area contributed by atoms with Gasteiger partial charge in [-0.15, -0.1) is 0 Å². The number of nitrogens with one attached hydrogen (secondary N) is 1. The number of rotatable bonds is 2. The van der Waals surface area contributed by atoms with E-state index in [1.54, 1.807) is 25.1 Å². The Morgan fingerprint density at radius 2 is 1.95 bits per heavy atom. The Hall–Kier alpha value is -2.21. The van der Waals surface area contributed by atoms with E-state index in [4.69, 9.17) is 25.6 Å². The Bertz CT molecular complexity index is 668. The fraction of sp³-hybridized carbons (Fsp3) is 0.231. The molecule has 0 bridgehead atoms. The molecule has 2 aromatic rings. The van der Waals surface area contributed by atoms with Crippen LogP contribution in [-0.2, 0) is 0 Å². The molecule has 3 rings (SSSR count). The van der Waals surface area contributed by atoms with Crippen molar-refractivity contribution in [2.75, 3.05) is 18.5 Å². The number of halogens is 1. The van der Waals surface area contributed by atoms with E-state index in [1.807, 2.05) is 0 Å². The number of aryl methyl sites for hydroxylation is 1. The highest BCUT2D eigenvalue weighted by atomic mass is 35.5. The maximum atomic E-state index is 12.0. The van der Waals surface area contributed by atoms with Crippen LogP contribution < -0.4 is 14.8 Å². The molecule has 0 saturated heterocycles. The molecule has 0 radical (unpaired) electrons. The molecule has 0 unspecified atom stereocenters. The van der Waals surface area contributed by atoms with E-state index in [9.17, 15) is 4.79 Å². The van der Waals surface area contributed by atoms with Crippen molar-refractivity contribution in [1.29, 1.82) is 0 Å². The molecule has 0 atom stereocenters. The first-order chi connectivity index (χ1) is 9.63. The maximum Gasteiger partial charge on any atom is 0.294 e. The standard InChI is InChI=1S/C13H11ClN2O4/c1-7-4-12(20-16-7)13(17)15-9-6-11-10(5-8(9)14)18-2-3-19-11/h4-6H,2-3H2,1H3,(H,15,17). The number of anilines is 1. The van der Waals surface area contributed by atoms with Gasteiger partial charge in [-0.25, -0.2) is 0 Å². The van der Waals surface area contributed by atoms with E-state index in [1.165, 1.54) is 0 Å². The quantitative estimate of drug-likeness (QED) is 0.922. The molecule has 6 nitrogen and oxygen atoms in total. The number of hydrogen-bond acceptors (Lipinski definition) is 5. The molecule has 2 heterocycles. The highest BCUT2D eigenvalue weighted by Gasteiger charge is 2.18. The fourth-order valence-corrected chi connectivity index (χ4v) is 2.02. The molecule has 104 valence electrons. The summed E-state index contributed by atoms with van der Waals surface area (Å²) in [5, 5.41) is 6.67. The third-order valence-corrected chi connectivity index (χ3v) is 3.04. The molecule has 1 aliphatic rings. The van der Waals surface area contributed by atoms with E-state index in [-0.39, 0.29) is 5.76 Å². The summed E-state index contributed by atoms with van der Waals surface area (Å²) < 4.78 is 15.7. The van der Waals surface area contributed by atoms with Crippen molar-refractivity contribution in [2.45, 2.75) is 6.92 Å². The molecule has 0 aliphatic carbocycles. The number of fused-ring (bicyclic) bond motifs is 1. The summed E-state index contributed by atoms with van der Waals surface area (Å²) in [5.41, 5.74) is 1.05. The maximum absolute atomic E-state index is 12.0. The van der Waals surface area contributed by atoms with Crippen LogP contribution in [0.15, 0.2) is 22.7 Å². The van der Waals surface area contributed by atoms with Crippen molar-refractivity contribution in [3.63, 3.8) is 0 Å². The number of benzene rings is 1. The Kier molecular flexibility index (Phi) is 3.23. The van der Waals surface area contributed by atoms with Gasteiger partial charge >= 0.3 is 0 Å². The van der Waals surface area contributed by atoms with Crippen LogP contribution in [-0.4, -0.2) is 24.3 Å². The average molecular weight is 295 g/mol. The second-order valence-electron chi connectivity index (χ2n) is 4.26. The minimum Gasteiger partial charge on any atom is -0.486 e. The lowest BCUT2D eigenvalue weighted by molar-refractivity contribution is 0.0988. The molecule has 1 amide bonds. The summed E-state index contributed by atoms with van der Waals surface area (Å²) in [6.45, 7) is 2.67. The van der Waals surface area contributed by atoms with Crippen LogP contribution in [0.3, 0.4) is 0 Å². The first-order valence-electron chi connectivity index (χ1n) is 5.97. The molecule has 1 aliphatic heterocycles. The molecule has 20 heavy (non-hydrogen) atoms. The van der Waals surface area contributed by atoms with Crippen molar-refractivity contribution in [1.82, 2.24) is 5.16 Å². The lowest BCUT2D eigenvalue weighted by Gasteiger charge is -2.19. The molecule has 1 aromatic heterocycles. The highest BCUT2D eigenvalue weighted by molar-refractivity contribution is 6.34. The number of amides is 1. The number of carbonyl (C=O) groups excluding carboxylic acids is 1. The van der Waals surface area contributed by atoms with Gasteiger partial charge < -0.3 is 19.3 Å². The number of carbonyl (C=O) groups is 1. The van der Waals surface area contributed by atoms with Crippen LogP contribution in [0.2, 0.25) is 5.02 Å². The normalized spacial score (nSPS) is 13.1. The van der Waals surface area contributed by atoms with Gasteiger partial charge in [0.05, 0.1) is 16.4 Å². The zero-order chi connectivity index (χ0) is 14.1. The summed E-state index contributed by atoms with van der Waals surface area (Å²) in [6.07, 6.45) is 0. The summed E-state index contributed by atoms with van der Waals surface area (Å²) in [7, 11) is 0. The second kappa shape index (κ2) is 5.05. The van der Waals surface area contributed by atoms with Gasteiger partial charge in [0.1, 0.15) is 13.2 Å². The van der Waals surface area contributed by atoms with E-state index in [0.29, 0.717) is 41.1 Å². The molecular weight excluding hydrogens is 284 g/mol. The first kappa shape index (κ1) is 12.8.